The molecule has 3 heteroatoms. The zero-order valence-corrected chi connectivity index (χ0v) is 11.6. The second-order valence-electron chi connectivity index (χ2n) is 4.33. The van der Waals surface area contributed by atoms with Crippen molar-refractivity contribution >= 4 is 0 Å². The fraction of sp³-hybridized carbons (Fsp3) is 0.600. The van der Waals surface area contributed by atoms with Crippen molar-refractivity contribution in [1.29, 1.82) is 0 Å². The van der Waals surface area contributed by atoms with Gasteiger partial charge in [-0.3, -0.25) is 0 Å². The molecule has 0 spiro atoms. The minimum Gasteiger partial charge on any atom is -0.493 e. The molecule has 0 saturated carbocycles. The molecule has 0 saturated heterocycles. The largest absolute Gasteiger partial charge is 0.493 e. The van der Waals surface area contributed by atoms with E-state index in [2.05, 4.69) is 24.4 Å². The lowest BCUT2D eigenvalue weighted by atomic mass is 10.2. The third kappa shape index (κ3) is 6.03. The summed E-state index contributed by atoms with van der Waals surface area (Å²) in [6.45, 7) is 5.66. The van der Waals surface area contributed by atoms with Gasteiger partial charge in [-0.2, -0.15) is 0 Å². The smallest absolute Gasteiger partial charge is 0.123 e. The summed E-state index contributed by atoms with van der Waals surface area (Å²) in [6.07, 6.45) is 3.23. The predicted octanol–water partition coefficient (Wildman–Crippen LogP) is 2.99. The third-order valence-corrected chi connectivity index (χ3v) is 2.72. The van der Waals surface area contributed by atoms with Crippen LogP contribution >= 0.6 is 0 Å². The number of rotatable bonds is 10. The van der Waals surface area contributed by atoms with Crippen molar-refractivity contribution in [1.82, 2.24) is 5.32 Å². The van der Waals surface area contributed by atoms with Crippen LogP contribution in [-0.2, 0) is 11.3 Å². The van der Waals surface area contributed by atoms with E-state index < -0.39 is 0 Å². The summed E-state index contributed by atoms with van der Waals surface area (Å²) >= 11 is 0. The first-order valence-corrected chi connectivity index (χ1v) is 6.78. The monoisotopic (exact) mass is 251 g/mol. The molecule has 1 rings (SSSR count). The van der Waals surface area contributed by atoms with E-state index >= 15 is 0 Å². The Labute approximate surface area is 110 Å². The van der Waals surface area contributed by atoms with Crippen LogP contribution in [0.1, 0.15) is 31.7 Å². The van der Waals surface area contributed by atoms with Crippen LogP contribution in [0.25, 0.3) is 0 Å². The van der Waals surface area contributed by atoms with Crippen molar-refractivity contribution in [2.45, 2.75) is 32.7 Å². The molecule has 0 bridgehead atoms. The highest BCUT2D eigenvalue weighted by Gasteiger charge is 2.01. The number of ether oxygens (including phenoxy) is 2. The lowest BCUT2D eigenvalue weighted by Gasteiger charge is -2.11. The van der Waals surface area contributed by atoms with Crippen molar-refractivity contribution < 1.29 is 9.47 Å². The van der Waals surface area contributed by atoms with Crippen LogP contribution in [-0.4, -0.2) is 26.9 Å². The summed E-state index contributed by atoms with van der Waals surface area (Å²) in [5.41, 5.74) is 1.23. The van der Waals surface area contributed by atoms with Gasteiger partial charge in [-0.1, -0.05) is 25.1 Å². The van der Waals surface area contributed by atoms with E-state index in [-0.39, 0.29) is 0 Å². The number of unbranched alkanes of at least 4 members (excludes halogenated alkanes) is 1. The van der Waals surface area contributed by atoms with Gasteiger partial charge in [0.1, 0.15) is 5.75 Å². The van der Waals surface area contributed by atoms with Crippen LogP contribution in [0.5, 0.6) is 5.75 Å². The number of para-hydroxylation sites is 1. The van der Waals surface area contributed by atoms with E-state index in [1.807, 2.05) is 12.1 Å². The van der Waals surface area contributed by atoms with Gasteiger partial charge in [-0.15, -0.1) is 0 Å². The minimum atomic E-state index is 0.758. The Morgan fingerprint density at radius 1 is 1.11 bits per heavy atom. The number of benzene rings is 1. The first kappa shape index (κ1) is 15.0. The molecule has 0 fully saturated rings. The van der Waals surface area contributed by atoms with Gasteiger partial charge >= 0.3 is 0 Å². The summed E-state index contributed by atoms with van der Waals surface area (Å²) in [6, 6.07) is 8.24. The van der Waals surface area contributed by atoms with Crippen molar-refractivity contribution in [2.24, 2.45) is 0 Å². The second kappa shape index (κ2) is 9.92. The van der Waals surface area contributed by atoms with Crippen LogP contribution in [0.3, 0.4) is 0 Å². The van der Waals surface area contributed by atoms with E-state index in [1.165, 1.54) is 5.56 Å². The standard InChI is InChI=1S/C15H25NO2/c1-3-10-16-13-14-8-4-5-9-15(14)18-12-7-6-11-17-2/h4-5,8-9,16H,3,6-7,10-13H2,1-2H3. The quantitative estimate of drug-likeness (QED) is 0.648. The maximum absolute atomic E-state index is 5.82. The predicted molar refractivity (Wildman–Crippen MR) is 75.0 cm³/mol. The molecule has 0 aromatic heterocycles. The van der Waals surface area contributed by atoms with Crippen LogP contribution in [0.4, 0.5) is 0 Å². The van der Waals surface area contributed by atoms with E-state index in [1.54, 1.807) is 7.11 Å². The SMILES string of the molecule is CCCNCc1ccccc1OCCCCOC. The fourth-order valence-corrected chi connectivity index (χ4v) is 1.72. The number of nitrogens with one attached hydrogen (secondary N) is 1. The molecule has 0 heterocycles. The van der Waals surface area contributed by atoms with Crippen LogP contribution in [0.2, 0.25) is 0 Å². The lowest BCUT2D eigenvalue weighted by Crippen LogP contribution is -2.14. The molecule has 0 atom stereocenters. The molecule has 1 aromatic carbocycles. The average Bonchev–Trinajstić information content (AvgIpc) is 2.40. The molecule has 102 valence electrons. The first-order valence-electron chi connectivity index (χ1n) is 6.78. The molecule has 0 aliphatic rings. The topological polar surface area (TPSA) is 30.5 Å². The van der Waals surface area contributed by atoms with Gasteiger partial charge in [0.25, 0.3) is 0 Å². The molecule has 0 unspecified atom stereocenters. The Hall–Kier alpha value is -1.06. The molecule has 0 amide bonds. The van der Waals surface area contributed by atoms with Gasteiger partial charge < -0.3 is 14.8 Å². The molecule has 18 heavy (non-hydrogen) atoms. The molecular weight excluding hydrogens is 226 g/mol. The van der Waals surface area contributed by atoms with E-state index in [0.717, 1.165) is 51.3 Å². The Morgan fingerprint density at radius 2 is 1.89 bits per heavy atom. The maximum Gasteiger partial charge on any atom is 0.123 e. The first-order chi connectivity index (χ1) is 8.88. The molecule has 0 aliphatic heterocycles. The third-order valence-electron chi connectivity index (χ3n) is 2.72. The van der Waals surface area contributed by atoms with Crippen molar-refractivity contribution in [3.63, 3.8) is 0 Å². The van der Waals surface area contributed by atoms with E-state index in [0.29, 0.717) is 0 Å². The van der Waals surface area contributed by atoms with Gasteiger partial charge in [0.05, 0.1) is 6.61 Å². The zero-order valence-electron chi connectivity index (χ0n) is 11.6. The van der Waals surface area contributed by atoms with Crippen LogP contribution in [0, 0.1) is 0 Å². The minimum absolute atomic E-state index is 0.758. The Kier molecular flexibility index (Phi) is 8.26. The zero-order chi connectivity index (χ0) is 13.1. The molecule has 3 nitrogen and oxygen atoms in total. The highest BCUT2D eigenvalue weighted by Crippen LogP contribution is 2.18. The van der Waals surface area contributed by atoms with Gasteiger partial charge in [-0.05, 0) is 31.9 Å². The normalized spacial score (nSPS) is 10.6. The number of hydrogen-bond donors (Lipinski definition) is 1. The summed E-state index contributed by atoms with van der Waals surface area (Å²) < 4.78 is 10.8. The summed E-state index contributed by atoms with van der Waals surface area (Å²) in [7, 11) is 1.73. The molecule has 0 radical (unpaired) electrons. The number of methoxy groups -OCH3 is 1. The Bertz CT molecular complexity index is 315. The highest BCUT2D eigenvalue weighted by molar-refractivity contribution is 5.33. The fourth-order valence-electron chi connectivity index (χ4n) is 1.72. The molecule has 1 N–H and O–H groups in total. The van der Waals surface area contributed by atoms with Crippen molar-refractivity contribution in [3.05, 3.63) is 29.8 Å². The molecule has 1 aromatic rings. The molecular formula is C15H25NO2. The van der Waals surface area contributed by atoms with Crippen molar-refractivity contribution in [3.8, 4) is 5.75 Å². The van der Waals surface area contributed by atoms with Crippen LogP contribution in [0.15, 0.2) is 24.3 Å². The van der Waals surface area contributed by atoms with E-state index in [9.17, 15) is 0 Å². The van der Waals surface area contributed by atoms with Gasteiger partial charge in [-0.25, -0.2) is 0 Å². The number of hydrogen-bond acceptors (Lipinski definition) is 3. The van der Waals surface area contributed by atoms with Gasteiger partial charge in [0.15, 0.2) is 0 Å². The van der Waals surface area contributed by atoms with Crippen molar-refractivity contribution in [2.75, 3.05) is 26.9 Å². The second-order valence-corrected chi connectivity index (χ2v) is 4.33. The Balaban J connectivity index is 2.33. The highest BCUT2D eigenvalue weighted by atomic mass is 16.5. The summed E-state index contributed by atoms with van der Waals surface area (Å²) in [5, 5.41) is 3.40. The Morgan fingerprint density at radius 3 is 2.67 bits per heavy atom. The average molecular weight is 251 g/mol. The summed E-state index contributed by atoms with van der Waals surface area (Å²) in [4.78, 5) is 0. The van der Waals surface area contributed by atoms with Gasteiger partial charge in [0.2, 0.25) is 0 Å². The molecule has 0 aliphatic carbocycles. The van der Waals surface area contributed by atoms with Crippen LogP contribution < -0.4 is 10.1 Å². The van der Waals surface area contributed by atoms with E-state index in [4.69, 9.17) is 9.47 Å². The maximum atomic E-state index is 5.82. The lowest BCUT2D eigenvalue weighted by molar-refractivity contribution is 0.184. The van der Waals surface area contributed by atoms with Gasteiger partial charge in [0, 0.05) is 25.8 Å². The summed E-state index contributed by atoms with van der Waals surface area (Å²) in [5.74, 6) is 0.999.